The zero-order chi connectivity index (χ0) is 14.8. The summed E-state index contributed by atoms with van der Waals surface area (Å²) in [6.07, 6.45) is 2.55. The van der Waals surface area contributed by atoms with Crippen molar-refractivity contribution in [2.24, 2.45) is 0 Å². The number of hydrogen-bond donors (Lipinski definition) is 1. The first-order valence-corrected chi connectivity index (χ1v) is 8.24. The fraction of sp³-hybridized carbons (Fsp3) is 0.353. The number of thiophene rings is 1. The maximum Gasteiger partial charge on any atom is 0.266 e. The first-order valence-electron chi connectivity index (χ1n) is 7.36. The number of nitrogens with zero attached hydrogens (tertiary/aromatic N) is 1. The molecule has 3 rings (SSSR count). The predicted octanol–water partition coefficient (Wildman–Crippen LogP) is 4.22. The van der Waals surface area contributed by atoms with Gasteiger partial charge in [-0.05, 0) is 67.5 Å². The first-order chi connectivity index (χ1) is 10.1. The molecular formula is C17H20N2OS. The van der Waals surface area contributed by atoms with Crippen LogP contribution in [0.25, 0.3) is 0 Å². The summed E-state index contributed by atoms with van der Waals surface area (Å²) in [7, 11) is 0. The van der Waals surface area contributed by atoms with Crippen LogP contribution in [0.5, 0.6) is 0 Å². The lowest BCUT2D eigenvalue weighted by Gasteiger charge is -2.19. The number of carbonyl (C=O) groups excluding carboxylic acids is 1. The number of anilines is 2. The quantitative estimate of drug-likeness (QED) is 0.920. The van der Waals surface area contributed by atoms with E-state index in [0.29, 0.717) is 0 Å². The Kier molecular flexibility index (Phi) is 3.97. The summed E-state index contributed by atoms with van der Waals surface area (Å²) in [5.41, 5.74) is 4.30. The zero-order valence-electron chi connectivity index (χ0n) is 12.5. The number of nitrogens with one attached hydrogen (secondary N) is 1. The van der Waals surface area contributed by atoms with E-state index in [-0.39, 0.29) is 5.91 Å². The van der Waals surface area contributed by atoms with Crippen molar-refractivity contribution in [2.75, 3.05) is 23.3 Å². The minimum atomic E-state index is -0.0143. The number of hydrogen-bond acceptors (Lipinski definition) is 3. The Balaban J connectivity index is 1.77. The third-order valence-electron chi connectivity index (χ3n) is 4.00. The van der Waals surface area contributed by atoms with Gasteiger partial charge in [-0.25, -0.2) is 0 Å². The summed E-state index contributed by atoms with van der Waals surface area (Å²) in [4.78, 5) is 15.5. The van der Waals surface area contributed by atoms with E-state index in [0.717, 1.165) is 34.8 Å². The monoisotopic (exact) mass is 300 g/mol. The van der Waals surface area contributed by atoms with Crippen molar-refractivity contribution in [3.63, 3.8) is 0 Å². The van der Waals surface area contributed by atoms with Gasteiger partial charge in [0.15, 0.2) is 0 Å². The lowest BCUT2D eigenvalue weighted by Crippen LogP contribution is -2.18. The van der Waals surface area contributed by atoms with Crippen LogP contribution >= 0.6 is 11.3 Å². The van der Waals surface area contributed by atoms with Crippen LogP contribution < -0.4 is 10.2 Å². The highest BCUT2D eigenvalue weighted by molar-refractivity contribution is 7.12. The van der Waals surface area contributed by atoms with Gasteiger partial charge in [-0.2, -0.15) is 0 Å². The van der Waals surface area contributed by atoms with E-state index >= 15 is 0 Å². The molecule has 0 spiro atoms. The summed E-state index contributed by atoms with van der Waals surface area (Å²) in [5, 5.41) is 4.98. The highest BCUT2D eigenvalue weighted by Gasteiger charge is 2.15. The lowest BCUT2D eigenvalue weighted by molar-refractivity contribution is 0.103. The minimum Gasteiger partial charge on any atom is -0.372 e. The van der Waals surface area contributed by atoms with Crippen LogP contribution in [0, 0.1) is 13.8 Å². The van der Waals surface area contributed by atoms with E-state index in [9.17, 15) is 4.79 Å². The van der Waals surface area contributed by atoms with Crippen LogP contribution in [-0.4, -0.2) is 19.0 Å². The van der Waals surface area contributed by atoms with E-state index < -0.39 is 0 Å². The van der Waals surface area contributed by atoms with E-state index in [1.54, 1.807) is 0 Å². The van der Waals surface area contributed by atoms with Gasteiger partial charge in [0, 0.05) is 24.5 Å². The number of carbonyl (C=O) groups is 1. The van der Waals surface area contributed by atoms with Gasteiger partial charge in [-0.15, -0.1) is 11.3 Å². The fourth-order valence-electron chi connectivity index (χ4n) is 2.74. The molecule has 1 N–H and O–H groups in total. The maximum absolute atomic E-state index is 12.3. The Morgan fingerprint density at radius 3 is 2.52 bits per heavy atom. The van der Waals surface area contributed by atoms with E-state index in [1.165, 1.54) is 29.9 Å². The smallest absolute Gasteiger partial charge is 0.266 e. The Bertz CT molecular complexity index is 657. The Hall–Kier alpha value is -1.81. The molecule has 0 saturated carbocycles. The minimum absolute atomic E-state index is 0.0143. The Morgan fingerprint density at radius 1 is 1.14 bits per heavy atom. The summed E-state index contributed by atoms with van der Waals surface area (Å²) in [5.74, 6) is -0.0143. The highest BCUT2D eigenvalue weighted by atomic mass is 32.1. The third-order valence-corrected chi connectivity index (χ3v) is 5.01. The van der Waals surface area contributed by atoms with Crippen LogP contribution in [0.1, 0.15) is 33.6 Å². The van der Waals surface area contributed by atoms with Gasteiger partial charge in [-0.1, -0.05) is 0 Å². The van der Waals surface area contributed by atoms with Crippen molar-refractivity contribution in [2.45, 2.75) is 26.7 Å². The maximum atomic E-state index is 12.3. The van der Waals surface area contributed by atoms with E-state index in [4.69, 9.17) is 0 Å². The number of amides is 1. The SMILES string of the molecule is Cc1cc(N2CCCC2)ccc1NC(=O)c1sccc1C. The average Bonchev–Trinajstić information content (AvgIpc) is 3.12. The molecule has 1 saturated heterocycles. The van der Waals surface area contributed by atoms with Gasteiger partial charge in [-0.3, -0.25) is 4.79 Å². The van der Waals surface area contributed by atoms with Crippen molar-refractivity contribution in [3.8, 4) is 0 Å². The zero-order valence-corrected chi connectivity index (χ0v) is 13.3. The van der Waals surface area contributed by atoms with Crippen LogP contribution in [0.3, 0.4) is 0 Å². The van der Waals surface area contributed by atoms with Crippen molar-refractivity contribution < 1.29 is 4.79 Å². The fourth-order valence-corrected chi connectivity index (χ4v) is 3.56. The summed E-state index contributed by atoms with van der Waals surface area (Å²) < 4.78 is 0. The summed E-state index contributed by atoms with van der Waals surface area (Å²) in [6.45, 7) is 6.30. The molecule has 1 aromatic heterocycles. The highest BCUT2D eigenvalue weighted by Crippen LogP contribution is 2.26. The summed E-state index contributed by atoms with van der Waals surface area (Å²) >= 11 is 1.49. The van der Waals surface area contributed by atoms with Crippen LogP contribution in [0.15, 0.2) is 29.6 Å². The molecule has 110 valence electrons. The van der Waals surface area contributed by atoms with Crippen LogP contribution in [0.2, 0.25) is 0 Å². The standard InChI is InChI=1S/C17H20N2OS/c1-12-7-10-21-16(12)17(20)18-15-6-5-14(11-13(15)2)19-8-3-4-9-19/h5-7,10-11H,3-4,8-9H2,1-2H3,(H,18,20). The number of benzene rings is 1. The Labute approximate surface area is 129 Å². The molecule has 1 aliphatic rings. The van der Waals surface area contributed by atoms with Gasteiger partial charge in [0.2, 0.25) is 0 Å². The van der Waals surface area contributed by atoms with Crippen LogP contribution in [-0.2, 0) is 0 Å². The molecule has 0 atom stereocenters. The molecule has 3 nitrogen and oxygen atoms in total. The third kappa shape index (κ3) is 2.95. The molecular weight excluding hydrogens is 280 g/mol. The molecule has 4 heteroatoms. The van der Waals surface area contributed by atoms with Gasteiger partial charge in [0.25, 0.3) is 5.91 Å². The molecule has 0 unspecified atom stereocenters. The number of aryl methyl sites for hydroxylation is 2. The molecule has 2 aromatic rings. The predicted molar refractivity (Wildman–Crippen MR) is 89.6 cm³/mol. The van der Waals surface area contributed by atoms with Crippen LogP contribution in [0.4, 0.5) is 11.4 Å². The molecule has 1 aliphatic heterocycles. The molecule has 2 heterocycles. The molecule has 0 bridgehead atoms. The van der Waals surface area contributed by atoms with Crippen molar-refractivity contribution in [1.82, 2.24) is 0 Å². The van der Waals surface area contributed by atoms with Gasteiger partial charge < -0.3 is 10.2 Å². The Morgan fingerprint density at radius 2 is 1.90 bits per heavy atom. The second-order valence-electron chi connectivity index (χ2n) is 5.58. The normalized spacial score (nSPS) is 14.5. The topological polar surface area (TPSA) is 32.3 Å². The van der Waals surface area contributed by atoms with E-state index in [1.807, 2.05) is 24.4 Å². The largest absolute Gasteiger partial charge is 0.372 e. The molecule has 1 amide bonds. The van der Waals surface area contributed by atoms with Crippen molar-refractivity contribution in [1.29, 1.82) is 0 Å². The van der Waals surface area contributed by atoms with Gasteiger partial charge in [0.05, 0.1) is 4.88 Å². The molecule has 1 fully saturated rings. The average molecular weight is 300 g/mol. The lowest BCUT2D eigenvalue weighted by atomic mass is 10.1. The molecule has 0 aliphatic carbocycles. The summed E-state index contributed by atoms with van der Waals surface area (Å²) in [6, 6.07) is 8.27. The van der Waals surface area contributed by atoms with Gasteiger partial charge in [0.1, 0.15) is 0 Å². The molecule has 21 heavy (non-hydrogen) atoms. The van der Waals surface area contributed by atoms with E-state index in [2.05, 4.69) is 29.3 Å². The first kappa shape index (κ1) is 14.1. The number of rotatable bonds is 3. The second-order valence-corrected chi connectivity index (χ2v) is 6.50. The molecule has 1 aromatic carbocycles. The second kappa shape index (κ2) is 5.90. The van der Waals surface area contributed by atoms with Gasteiger partial charge >= 0.3 is 0 Å². The van der Waals surface area contributed by atoms with Crippen molar-refractivity contribution >= 4 is 28.6 Å². The molecule has 0 radical (unpaired) electrons. The van der Waals surface area contributed by atoms with Crippen molar-refractivity contribution in [3.05, 3.63) is 45.6 Å².